The average molecular weight is 297 g/mol. The van der Waals surface area contributed by atoms with Gasteiger partial charge in [0.05, 0.1) is 0 Å². The number of amides is 1. The van der Waals surface area contributed by atoms with E-state index in [1.54, 1.807) is 6.92 Å². The van der Waals surface area contributed by atoms with Gasteiger partial charge in [0.1, 0.15) is 13.2 Å². The summed E-state index contributed by atoms with van der Waals surface area (Å²) in [5.74, 6) is -3.00. The molecule has 0 unspecified atom stereocenters. The van der Waals surface area contributed by atoms with E-state index in [1.165, 1.54) is 0 Å². The van der Waals surface area contributed by atoms with Gasteiger partial charge >= 0.3 is 6.18 Å². The van der Waals surface area contributed by atoms with Gasteiger partial charge < -0.3 is 9.64 Å². The van der Waals surface area contributed by atoms with E-state index in [1.807, 2.05) is 0 Å². The molecule has 20 heavy (non-hydrogen) atoms. The minimum atomic E-state index is -4.53. The molecule has 112 valence electrons. The average Bonchev–Trinajstić information content (AvgIpc) is 2.33. The highest BCUT2D eigenvalue weighted by atomic mass is 19.4. The summed E-state index contributed by atoms with van der Waals surface area (Å²) in [4.78, 5) is 12.7. The monoisotopic (exact) mass is 297 g/mol. The summed E-state index contributed by atoms with van der Waals surface area (Å²) >= 11 is 0. The Hall–Kier alpha value is -1.70. The molecule has 0 aromatic heterocycles. The Kier molecular flexibility index (Phi) is 5.43. The second-order valence-corrected chi connectivity index (χ2v) is 3.84. The Morgan fingerprint density at radius 3 is 2.40 bits per heavy atom. The first-order valence-electron chi connectivity index (χ1n) is 5.64. The third-order valence-electron chi connectivity index (χ3n) is 2.32. The van der Waals surface area contributed by atoms with Crippen molar-refractivity contribution in [2.45, 2.75) is 13.1 Å². The zero-order valence-corrected chi connectivity index (χ0v) is 10.5. The Labute approximate surface area is 111 Å². The van der Waals surface area contributed by atoms with E-state index >= 15 is 0 Å². The predicted molar refractivity (Wildman–Crippen MR) is 61.3 cm³/mol. The lowest BCUT2D eigenvalue weighted by molar-refractivity contribution is -0.175. The summed E-state index contributed by atoms with van der Waals surface area (Å²) in [6.07, 6.45) is -4.53. The van der Waals surface area contributed by atoms with Gasteiger partial charge in [-0.15, -0.1) is 0 Å². The van der Waals surface area contributed by atoms with Crippen molar-refractivity contribution in [3.05, 3.63) is 29.8 Å². The van der Waals surface area contributed by atoms with Gasteiger partial charge in [0, 0.05) is 18.3 Å². The van der Waals surface area contributed by atoms with Crippen LogP contribution in [0.25, 0.3) is 0 Å². The van der Waals surface area contributed by atoms with Crippen molar-refractivity contribution in [2.24, 2.45) is 0 Å². The summed E-state index contributed by atoms with van der Waals surface area (Å²) in [6.45, 7) is -0.720. The standard InChI is InChI=1S/C12H12F5NO2/c1-2-18(8-3-4-9(13)10(14)5-8)11(19)6-20-7-12(15,16)17/h3-5H,2,6-7H2,1H3. The van der Waals surface area contributed by atoms with Gasteiger partial charge in [-0.2, -0.15) is 13.2 Å². The quantitative estimate of drug-likeness (QED) is 0.782. The molecule has 0 spiro atoms. The summed E-state index contributed by atoms with van der Waals surface area (Å²) < 4.78 is 65.7. The van der Waals surface area contributed by atoms with Crippen LogP contribution in [0.5, 0.6) is 0 Å². The molecule has 0 radical (unpaired) electrons. The number of anilines is 1. The molecule has 1 amide bonds. The molecule has 1 rings (SSSR count). The molecule has 1 aromatic carbocycles. The van der Waals surface area contributed by atoms with Crippen molar-refractivity contribution in [3.8, 4) is 0 Å². The maximum atomic E-state index is 13.1. The molecule has 8 heteroatoms. The molecule has 0 bridgehead atoms. The lowest BCUT2D eigenvalue weighted by Crippen LogP contribution is -2.35. The van der Waals surface area contributed by atoms with Crippen LogP contribution in [-0.2, 0) is 9.53 Å². The van der Waals surface area contributed by atoms with Crippen LogP contribution in [0.2, 0.25) is 0 Å². The highest BCUT2D eigenvalue weighted by molar-refractivity contribution is 5.94. The summed E-state index contributed by atoms with van der Waals surface area (Å²) in [7, 11) is 0. The molecule has 0 aliphatic rings. The lowest BCUT2D eigenvalue weighted by atomic mass is 10.2. The number of likely N-dealkylation sites (N-methyl/N-ethyl adjacent to an activating group) is 1. The van der Waals surface area contributed by atoms with Crippen molar-refractivity contribution in [3.63, 3.8) is 0 Å². The van der Waals surface area contributed by atoms with Gasteiger partial charge in [0.25, 0.3) is 5.91 Å². The molecule has 0 aliphatic carbocycles. The SMILES string of the molecule is CCN(C(=O)COCC(F)(F)F)c1ccc(F)c(F)c1. The number of hydrogen-bond donors (Lipinski definition) is 0. The first kappa shape index (κ1) is 16.4. The molecule has 0 heterocycles. The molecule has 1 aromatic rings. The normalized spacial score (nSPS) is 11.5. The predicted octanol–water partition coefficient (Wildman–Crippen LogP) is 2.90. The number of hydrogen-bond acceptors (Lipinski definition) is 2. The van der Waals surface area contributed by atoms with Crippen molar-refractivity contribution in [1.29, 1.82) is 0 Å². The Morgan fingerprint density at radius 1 is 1.25 bits per heavy atom. The Balaban J connectivity index is 2.70. The van der Waals surface area contributed by atoms with Crippen LogP contribution in [0.15, 0.2) is 18.2 Å². The zero-order chi connectivity index (χ0) is 15.3. The van der Waals surface area contributed by atoms with Crippen LogP contribution in [0.4, 0.5) is 27.6 Å². The fraction of sp³-hybridized carbons (Fsp3) is 0.417. The van der Waals surface area contributed by atoms with Crippen molar-refractivity contribution in [1.82, 2.24) is 0 Å². The highest BCUT2D eigenvalue weighted by Gasteiger charge is 2.28. The van der Waals surface area contributed by atoms with Gasteiger partial charge in [0.2, 0.25) is 0 Å². The highest BCUT2D eigenvalue weighted by Crippen LogP contribution is 2.19. The van der Waals surface area contributed by atoms with E-state index < -0.39 is 36.9 Å². The molecule has 3 nitrogen and oxygen atoms in total. The number of carbonyl (C=O) groups excluding carboxylic acids is 1. The van der Waals surface area contributed by atoms with Crippen molar-refractivity contribution in [2.75, 3.05) is 24.7 Å². The number of nitrogens with zero attached hydrogens (tertiary/aromatic N) is 1. The third-order valence-corrected chi connectivity index (χ3v) is 2.32. The maximum Gasteiger partial charge on any atom is 0.411 e. The second kappa shape index (κ2) is 6.65. The molecule has 0 fully saturated rings. The van der Waals surface area contributed by atoms with Crippen LogP contribution in [0.1, 0.15) is 6.92 Å². The van der Waals surface area contributed by atoms with Gasteiger partial charge in [-0.1, -0.05) is 0 Å². The molecule has 0 saturated heterocycles. The molecule has 0 N–H and O–H groups in total. The molecular formula is C12H12F5NO2. The number of alkyl halides is 3. The van der Waals surface area contributed by atoms with Crippen LogP contribution in [0.3, 0.4) is 0 Å². The van der Waals surface area contributed by atoms with Crippen LogP contribution in [-0.4, -0.2) is 31.8 Å². The first-order valence-corrected chi connectivity index (χ1v) is 5.64. The number of carbonyl (C=O) groups is 1. The minimum absolute atomic E-state index is 0.0482. The minimum Gasteiger partial charge on any atom is -0.362 e. The van der Waals surface area contributed by atoms with Gasteiger partial charge in [-0.3, -0.25) is 4.79 Å². The third kappa shape index (κ3) is 4.76. The maximum absolute atomic E-state index is 13.1. The fourth-order valence-corrected chi connectivity index (χ4v) is 1.49. The summed E-state index contributed by atoms with van der Waals surface area (Å²) in [5, 5.41) is 0. The van der Waals surface area contributed by atoms with E-state index in [0.717, 1.165) is 23.1 Å². The number of rotatable bonds is 5. The Bertz CT molecular complexity index is 475. The van der Waals surface area contributed by atoms with Crippen LogP contribution >= 0.6 is 0 Å². The number of benzene rings is 1. The largest absolute Gasteiger partial charge is 0.411 e. The van der Waals surface area contributed by atoms with E-state index in [0.29, 0.717) is 0 Å². The van der Waals surface area contributed by atoms with Crippen molar-refractivity contribution >= 4 is 11.6 Å². The lowest BCUT2D eigenvalue weighted by Gasteiger charge is -2.21. The second-order valence-electron chi connectivity index (χ2n) is 3.84. The van der Waals surface area contributed by atoms with Crippen LogP contribution in [0, 0.1) is 11.6 Å². The van der Waals surface area contributed by atoms with Crippen LogP contribution < -0.4 is 4.90 Å². The van der Waals surface area contributed by atoms with Gasteiger partial charge in [-0.05, 0) is 19.1 Å². The zero-order valence-electron chi connectivity index (χ0n) is 10.5. The Morgan fingerprint density at radius 2 is 1.90 bits per heavy atom. The molecular weight excluding hydrogens is 285 g/mol. The first-order chi connectivity index (χ1) is 9.24. The molecule has 0 atom stereocenters. The number of halogens is 5. The smallest absolute Gasteiger partial charge is 0.362 e. The number of ether oxygens (including phenoxy) is 1. The topological polar surface area (TPSA) is 29.5 Å². The summed E-state index contributed by atoms with van der Waals surface area (Å²) in [6, 6.07) is 2.78. The van der Waals surface area contributed by atoms with E-state index in [2.05, 4.69) is 4.74 Å². The fourth-order valence-electron chi connectivity index (χ4n) is 1.49. The van der Waals surface area contributed by atoms with Gasteiger partial charge in [0.15, 0.2) is 11.6 Å². The van der Waals surface area contributed by atoms with E-state index in [4.69, 9.17) is 0 Å². The van der Waals surface area contributed by atoms with Crippen molar-refractivity contribution < 1.29 is 31.5 Å². The summed E-state index contributed by atoms with van der Waals surface area (Å²) in [5.41, 5.74) is 0.0482. The molecule has 0 aliphatic heterocycles. The van der Waals surface area contributed by atoms with E-state index in [-0.39, 0.29) is 12.2 Å². The molecule has 0 saturated carbocycles. The van der Waals surface area contributed by atoms with Gasteiger partial charge in [-0.25, -0.2) is 8.78 Å². The van der Waals surface area contributed by atoms with E-state index in [9.17, 15) is 26.7 Å².